The molecule has 0 saturated carbocycles. The van der Waals surface area contributed by atoms with Gasteiger partial charge in [-0.1, -0.05) is 25.1 Å². The van der Waals surface area contributed by atoms with E-state index in [2.05, 4.69) is 36.9 Å². The highest BCUT2D eigenvalue weighted by Crippen LogP contribution is 2.37. The number of nitrogens with zero attached hydrogens (tertiary/aromatic N) is 2. The molecular weight excluding hydrogens is 408 g/mol. The van der Waals surface area contributed by atoms with Crippen LogP contribution in [0, 0.1) is 12.8 Å². The lowest BCUT2D eigenvalue weighted by atomic mass is 9.87. The van der Waals surface area contributed by atoms with Gasteiger partial charge in [-0.2, -0.15) is 0 Å². The summed E-state index contributed by atoms with van der Waals surface area (Å²) in [6.45, 7) is 7.27. The Kier molecular flexibility index (Phi) is 5.69. The molecule has 0 amide bonds. The van der Waals surface area contributed by atoms with E-state index in [-0.39, 0.29) is 6.61 Å². The molecule has 2 aromatic carbocycles. The summed E-state index contributed by atoms with van der Waals surface area (Å²) in [6, 6.07) is 14.0. The molecule has 1 aliphatic heterocycles. The number of aryl methyl sites for hydroxylation is 1. The summed E-state index contributed by atoms with van der Waals surface area (Å²) in [4.78, 5) is 7.33. The number of β-amino-alcohol motifs (C(OH)–C–C–N with tert-alkyl or cyclic N) is 1. The number of benzene rings is 2. The predicted octanol–water partition coefficient (Wildman–Crippen LogP) is 5.22. The van der Waals surface area contributed by atoms with Gasteiger partial charge in [0.15, 0.2) is 0 Å². The number of aliphatic hydroxyl groups excluding tert-OH is 1. The number of para-hydroxylation sites is 1. The second-order valence-corrected chi connectivity index (χ2v) is 9.72. The van der Waals surface area contributed by atoms with Gasteiger partial charge < -0.3 is 19.2 Å². The van der Waals surface area contributed by atoms with E-state index in [0.29, 0.717) is 18.4 Å². The standard InChI is InChI=1S/C25H28N2O3S/c1-16-5-3-8-23-24(16)26-25(31-23)19-9-11-27(13-17(19)2)14-18(28)15-30-22-7-4-6-21-20(22)10-12-29-21/h3-8,10,12,17-19,28H,9,11,13-15H2,1-2H3/t17-,18-,19+/m0/s1. The number of aromatic nitrogens is 1. The zero-order valence-electron chi connectivity index (χ0n) is 18.0. The maximum Gasteiger partial charge on any atom is 0.137 e. The molecule has 3 atom stereocenters. The first-order chi connectivity index (χ1) is 15.1. The average molecular weight is 437 g/mol. The van der Waals surface area contributed by atoms with Gasteiger partial charge >= 0.3 is 0 Å². The number of thiazole rings is 1. The van der Waals surface area contributed by atoms with E-state index in [1.807, 2.05) is 35.6 Å². The van der Waals surface area contributed by atoms with Gasteiger partial charge in [-0.05, 0) is 55.6 Å². The van der Waals surface area contributed by atoms with Crippen LogP contribution in [0.1, 0.15) is 29.8 Å². The van der Waals surface area contributed by atoms with Gasteiger partial charge in [0.25, 0.3) is 0 Å². The van der Waals surface area contributed by atoms with Crippen molar-refractivity contribution in [3.05, 3.63) is 59.3 Å². The molecule has 5 rings (SSSR count). The van der Waals surface area contributed by atoms with Gasteiger partial charge in [-0.15, -0.1) is 11.3 Å². The third-order valence-electron chi connectivity index (χ3n) is 6.30. The topological polar surface area (TPSA) is 58.7 Å². The summed E-state index contributed by atoms with van der Waals surface area (Å²) >= 11 is 1.84. The Morgan fingerprint density at radius 1 is 1.26 bits per heavy atom. The molecule has 2 aromatic heterocycles. The Hall–Kier alpha value is -2.41. The van der Waals surface area contributed by atoms with Gasteiger partial charge in [0.1, 0.15) is 24.0 Å². The number of piperidine rings is 1. The van der Waals surface area contributed by atoms with Crippen LogP contribution in [-0.4, -0.2) is 47.3 Å². The average Bonchev–Trinajstić information content (AvgIpc) is 3.40. The third-order valence-corrected chi connectivity index (χ3v) is 7.45. The van der Waals surface area contributed by atoms with Crippen molar-refractivity contribution in [2.24, 2.45) is 5.92 Å². The molecule has 0 unspecified atom stereocenters. The number of hydrogen-bond acceptors (Lipinski definition) is 6. The van der Waals surface area contributed by atoms with Crippen LogP contribution in [0.5, 0.6) is 5.75 Å². The molecular formula is C25H28N2O3S. The molecule has 0 bridgehead atoms. The summed E-state index contributed by atoms with van der Waals surface area (Å²) in [5.74, 6) is 1.74. The maximum atomic E-state index is 10.6. The molecule has 6 heteroatoms. The lowest BCUT2D eigenvalue weighted by Crippen LogP contribution is -2.43. The molecule has 0 aliphatic carbocycles. The lowest BCUT2D eigenvalue weighted by molar-refractivity contribution is 0.0500. The SMILES string of the molecule is Cc1cccc2sc([C@@H]3CCN(C[C@H](O)COc4cccc5occc45)C[C@@H]3C)nc12. The van der Waals surface area contributed by atoms with Crippen LogP contribution in [0.2, 0.25) is 0 Å². The number of ether oxygens (including phenoxy) is 1. The Morgan fingerprint density at radius 3 is 2.97 bits per heavy atom. The molecule has 5 nitrogen and oxygen atoms in total. The van der Waals surface area contributed by atoms with Crippen molar-refractivity contribution >= 4 is 32.5 Å². The minimum Gasteiger partial charge on any atom is -0.490 e. The minimum absolute atomic E-state index is 0.274. The van der Waals surface area contributed by atoms with E-state index in [1.54, 1.807) is 6.26 Å². The molecule has 1 N–H and O–H groups in total. The van der Waals surface area contributed by atoms with Crippen molar-refractivity contribution in [3.8, 4) is 5.75 Å². The van der Waals surface area contributed by atoms with Crippen molar-refractivity contribution in [1.82, 2.24) is 9.88 Å². The van der Waals surface area contributed by atoms with Crippen molar-refractivity contribution in [1.29, 1.82) is 0 Å². The highest BCUT2D eigenvalue weighted by Gasteiger charge is 2.30. The quantitative estimate of drug-likeness (QED) is 0.449. The smallest absolute Gasteiger partial charge is 0.137 e. The second-order valence-electron chi connectivity index (χ2n) is 8.66. The number of hydrogen-bond donors (Lipinski definition) is 1. The van der Waals surface area contributed by atoms with E-state index in [4.69, 9.17) is 14.1 Å². The number of furan rings is 1. The van der Waals surface area contributed by atoms with Crippen LogP contribution < -0.4 is 4.74 Å². The van der Waals surface area contributed by atoms with Crippen LogP contribution in [0.4, 0.5) is 0 Å². The van der Waals surface area contributed by atoms with Crippen LogP contribution in [-0.2, 0) is 0 Å². The normalized spacial score (nSPS) is 21.0. The van der Waals surface area contributed by atoms with Crippen LogP contribution in [0.15, 0.2) is 53.1 Å². The highest BCUT2D eigenvalue weighted by molar-refractivity contribution is 7.18. The third kappa shape index (κ3) is 4.20. The summed E-state index contributed by atoms with van der Waals surface area (Å²) in [5, 5.41) is 12.8. The molecule has 1 saturated heterocycles. The molecule has 0 radical (unpaired) electrons. The molecule has 1 aliphatic rings. The molecule has 0 spiro atoms. The first-order valence-corrected chi connectivity index (χ1v) is 11.8. The number of rotatable bonds is 6. The zero-order chi connectivity index (χ0) is 21.4. The summed E-state index contributed by atoms with van der Waals surface area (Å²) in [6.07, 6.45) is 2.20. The summed E-state index contributed by atoms with van der Waals surface area (Å²) in [7, 11) is 0. The Bertz CT molecular complexity index is 1180. The maximum absolute atomic E-state index is 10.6. The Labute approximate surface area is 186 Å². The molecule has 4 aromatic rings. The van der Waals surface area contributed by atoms with Crippen LogP contribution in [0.3, 0.4) is 0 Å². The van der Waals surface area contributed by atoms with E-state index in [0.717, 1.165) is 41.7 Å². The first-order valence-electron chi connectivity index (χ1n) is 10.9. The Balaban J connectivity index is 1.17. The van der Waals surface area contributed by atoms with Crippen molar-refractivity contribution < 1.29 is 14.3 Å². The van der Waals surface area contributed by atoms with Crippen molar-refractivity contribution in [3.63, 3.8) is 0 Å². The predicted molar refractivity (Wildman–Crippen MR) is 125 cm³/mol. The van der Waals surface area contributed by atoms with E-state index in [1.165, 1.54) is 15.3 Å². The number of likely N-dealkylation sites (tertiary alicyclic amines) is 1. The molecule has 1 fully saturated rings. The monoisotopic (exact) mass is 436 g/mol. The van der Waals surface area contributed by atoms with Gasteiger partial charge in [0.2, 0.25) is 0 Å². The minimum atomic E-state index is -0.531. The van der Waals surface area contributed by atoms with E-state index in [9.17, 15) is 5.11 Å². The van der Waals surface area contributed by atoms with Gasteiger partial charge in [0.05, 0.1) is 26.9 Å². The molecule has 162 valence electrons. The fourth-order valence-electron chi connectivity index (χ4n) is 4.66. The molecule has 3 heterocycles. The van der Waals surface area contributed by atoms with Gasteiger partial charge in [-0.25, -0.2) is 4.98 Å². The van der Waals surface area contributed by atoms with Gasteiger partial charge in [0, 0.05) is 19.0 Å². The fourth-order valence-corrected chi connectivity index (χ4v) is 5.97. The van der Waals surface area contributed by atoms with E-state index >= 15 is 0 Å². The van der Waals surface area contributed by atoms with Crippen molar-refractivity contribution in [2.45, 2.75) is 32.3 Å². The zero-order valence-corrected chi connectivity index (χ0v) is 18.8. The lowest BCUT2D eigenvalue weighted by Gasteiger charge is -2.36. The summed E-state index contributed by atoms with van der Waals surface area (Å²) < 4.78 is 12.6. The second kappa shape index (κ2) is 8.61. The van der Waals surface area contributed by atoms with Crippen molar-refractivity contribution in [2.75, 3.05) is 26.2 Å². The molecule has 31 heavy (non-hydrogen) atoms. The first kappa shape index (κ1) is 20.5. The number of fused-ring (bicyclic) bond motifs is 2. The highest BCUT2D eigenvalue weighted by atomic mass is 32.1. The largest absolute Gasteiger partial charge is 0.490 e. The Morgan fingerprint density at radius 2 is 2.13 bits per heavy atom. The van der Waals surface area contributed by atoms with Crippen LogP contribution in [0.25, 0.3) is 21.2 Å². The van der Waals surface area contributed by atoms with E-state index < -0.39 is 6.10 Å². The fraction of sp³-hybridized carbons (Fsp3) is 0.400. The number of aliphatic hydroxyl groups is 1. The summed E-state index contributed by atoms with van der Waals surface area (Å²) in [5.41, 5.74) is 3.20. The van der Waals surface area contributed by atoms with Gasteiger partial charge in [-0.3, -0.25) is 0 Å². The van der Waals surface area contributed by atoms with Crippen LogP contribution >= 0.6 is 11.3 Å².